The van der Waals surface area contributed by atoms with Gasteiger partial charge in [-0.25, -0.2) is 5.43 Å². The van der Waals surface area contributed by atoms with Gasteiger partial charge in [0, 0.05) is 6.04 Å². The number of amides is 2. The lowest BCUT2D eigenvalue weighted by Gasteiger charge is -2.20. The van der Waals surface area contributed by atoms with Crippen molar-refractivity contribution in [1.82, 2.24) is 16.2 Å². The van der Waals surface area contributed by atoms with Crippen LogP contribution >= 0.6 is 0 Å². The maximum absolute atomic E-state index is 12.1. The molecule has 8 heteroatoms. The third-order valence-electron chi connectivity index (χ3n) is 3.51. The van der Waals surface area contributed by atoms with Crippen LogP contribution in [0.15, 0.2) is 24.3 Å². The number of benzene rings is 1. The Morgan fingerprint density at radius 3 is 2.48 bits per heavy atom. The second-order valence-electron chi connectivity index (χ2n) is 5.22. The number of hydrogen-bond donors (Lipinski definition) is 4. The van der Waals surface area contributed by atoms with Crippen LogP contribution in [0.5, 0.6) is 11.5 Å². The quantitative estimate of drug-likeness (QED) is 0.528. The van der Waals surface area contributed by atoms with Gasteiger partial charge in [0.2, 0.25) is 5.91 Å². The Balaban J connectivity index is 1.91. The number of para-hydroxylation sites is 2. The molecule has 1 fully saturated rings. The summed E-state index contributed by atoms with van der Waals surface area (Å²) in [6.07, 6.45) is 0. The van der Waals surface area contributed by atoms with Crippen LogP contribution in [0, 0.1) is 0 Å². The van der Waals surface area contributed by atoms with Gasteiger partial charge in [-0.05, 0) is 26.0 Å². The lowest BCUT2D eigenvalue weighted by Crippen LogP contribution is -2.53. The lowest BCUT2D eigenvalue weighted by molar-refractivity contribution is -0.124. The minimum Gasteiger partial charge on any atom is -0.490 e. The molecule has 8 nitrogen and oxygen atoms in total. The van der Waals surface area contributed by atoms with E-state index in [4.69, 9.17) is 15.2 Å². The number of carbonyl (C=O) groups is 2. The van der Waals surface area contributed by atoms with Gasteiger partial charge in [0.1, 0.15) is 6.04 Å². The number of carbonyl (C=O) groups excluding carboxylic acids is 2. The second kappa shape index (κ2) is 7.80. The van der Waals surface area contributed by atoms with Gasteiger partial charge in [-0.15, -0.1) is 0 Å². The summed E-state index contributed by atoms with van der Waals surface area (Å²) in [5.74, 6) is 0.196. The summed E-state index contributed by atoms with van der Waals surface area (Å²) in [5, 5.41) is 2.75. The third-order valence-corrected chi connectivity index (χ3v) is 3.51. The summed E-state index contributed by atoms with van der Waals surface area (Å²) in [4.78, 5) is 23.4. The summed E-state index contributed by atoms with van der Waals surface area (Å²) in [5.41, 5.74) is 10.9. The number of nitrogens with two attached hydrogens (primary N) is 1. The molecular formula is C15H22N4O4. The van der Waals surface area contributed by atoms with Gasteiger partial charge in [0.15, 0.2) is 18.1 Å². The van der Waals surface area contributed by atoms with Crippen LogP contribution in [0.2, 0.25) is 0 Å². The van der Waals surface area contributed by atoms with Gasteiger partial charge in [0.05, 0.1) is 12.6 Å². The molecule has 23 heavy (non-hydrogen) atoms. The topological polar surface area (TPSA) is 115 Å². The Morgan fingerprint density at radius 2 is 1.87 bits per heavy atom. The Labute approximate surface area is 134 Å². The zero-order chi connectivity index (χ0) is 16.8. The molecule has 3 atom stereocenters. The average Bonchev–Trinajstić information content (AvgIpc) is 2.88. The summed E-state index contributed by atoms with van der Waals surface area (Å²) in [6.45, 7) is 4.03. The van der Waals surface area contributed by atoms with E-state index in [0.717, 1.165) is 0 Å². The fourth-order valence-corrected chi connectivity index (χ4v) is 2.36. The van der Waals surface area contributed by atoms with E-state index >= 15 is 0 Å². The highest BCUT2D eigenvalue weighted by atomic mass is 16.5. The standard InChI is InChI=1S/C15H22N4O4/c1-3-22-10-6-4-5-7-11(10)23-8-12(20)17-13-9(2)18-19-14(13)15(16)21/h4-7,9,13-14,18-19H,3,8H2,1-2H3,(H2,16,21)(H,17,20). The van der Waals surface area contributed by atoms with E-state index in [1.165, 1.54) is 0 Å². The molecule has 1 aliphatic rings. The minimum absolute atomic E-state index is 0.132. The maximum atomic E-state index is 12.1. The monoisotopic (exact) mass is 322 g/mol. The van der Waals surface area contributed by atoms with Crippen molar-refractivity contribution in [2.75, 3.05) is 13.2 Å². The number of nitrogens with one attached hydrogen (secondary N) is 3. The predicted molar refractivity (Wildman–Crippen MR) is 83.8 cm³/mol. The largest absolute Gasteiger partial charge is 0.490 e. The Hall–Kier alpha value is -2.32. The van der Waals surface area contributed by atoms with Crippen LogP contribution < -0.4 is 31.4 Å². The molecule has 0 spiro atoms. The zero-order valence-electron chi connectivity index (χ0n) is 13.2. The average molecular weight is 322 g/mol. The number of hydrazine groups is 1. The van der Waals surface area contributed by atoms with E-state index in [1.54, 1.807) is 18.2 Å². The van der Waals surface area contributed by atoms with Crippen molar-refractivity contribution in [2.45, 2.75) is 32.0 Å². The van der Waals surface area contributed by atoms with E-state index in [1.807, 2.05) is 19.9 Å². The Bertz CT molecular complexity index is 566. The number of rotatable bonds is 7. The van der Waals surface area contributed by atoms with E-state index in [0.29, 0.717) is 18.1 Å². The first kappa shape index (κ1) is 17.0. The smallest absolute Gasteiger partial charge is 0.258 e. The SMILES string of the molecule is CCOc1ccccc1OCC(=O)NC1C(C)NNC1C(N)=O. The van der Waals surface area contributed by atoms with Crippen LogP contribution in [0.25, 0.3) is 0 Å². The molecule has 2 rings (SSSR count). The molecule has 0 radical (unpaired) electrons. The van der Waals surface area contributed by atoms with Crippen molar-refractivity contribution in [1.29, 1.82) is 0 Å². The molecule has 1 heterocycles. The first-order chi connectivity index (χ1) is 11.0. The van der Waals surface area contributed by atoms with Gasteiger partial charge in [-0.3, -0.25) is 15.0 Å². The molecule has 0 aromatic heterocycles. The number of primary amides is 1. The van der Waals surface area contributed by atoms with E-state index in [9.17, 15) is 9.59 Å². The summed E-state index contributed by atoms with van der Waals surface area (Å²) < 4.78 is 10.9. The molecule has 2 amide bonds. The van der Waals surface area contributed by atoms with Crippen LogP contribution in [-0.2, 0) is 9.59 Å². The molecule has 1 aromatic rings. The minimum atomic E-state index is -0.662. The Morgan fingerprint density at radius 1 is 1.22 bits per heavy atom. The van der Waals surface area contributed by atoms with Crippen molar-refractivity contribution < 1.29 is 19.1 Å². The summed E-state index contributed by atoms with van der Waals surface area (Å²) >= 11 is 0. The van der Waals surface area contributed by atoms with Crippen molar-refractivity contribution in [3.8, 4) is 11.5 Å². The van der Waals surface area contributed by atoms with Crippen LogP contribution in [-0.4, -0.2) is 43.2 Å². The molecule has 3 unspecified atom stereocenters. The molecule has 1 aromatic carbocycles. The number of ether oxygens (including phenoxy) is 2. The zero-order valence-corrected chi connectivity index (χ0v) is 13.2. The lowest BCUT2D eigenvalue weighted by atomic mass is 10.0. The van der Waals surface area contributed by atoms with Crippen molar-refractivity contribution in [2.24, 2.45) is 5.73 Å². The molecule has 126 valence electrons. The van der Waals surface area contributed by atoms with Gasteiger partial charge in [-0.2, -0.15) is 0 Å². The maximum Gasteiger partial charge on any atom is 0.258 e. The van der Waals surface area contributed by atoms with E-state index in [-0.39, 0.29) is 18.6 Å². The van der Waals surface area contributed by atoms with Crippen molar-refractivity contribution in [3.63, 3.8) is 0 Å². The van der Waals surface area contributed by atoms with Crippen molar-refractivity contribution in [3.05, 3.63) is 24.3 Å². The highest BCUT2D eigenvalue weighted by Crippen LogP contribution is 2.26. The fraction of sp³-hybridized carbons (Fsp3) is 0.467. The van der Waals surface area contributed by atoms with E-state index < -0.39 is 18.0 Å². The molecule has 0 aliphatic carbocycles. The molecule has 5 N–H and O–H groups in total. The molecule has 0 saturated carbocycles. The second-order valence-corrected chi connectivity index (χ2v) is 5.22. The predicted octanol–water partition coefficient (Wildman–Crippen LogP) is -0.701. The summed E-state index contributed by atoms with van der Waals surface area (Å²) in [6, 6.07) is 5.89. The number of hydrogen-bond acceptors (Lipinski definition) is 6. The first-order valence-electron chi connectivity index (χ1n) is 7.47. The highest BCUT2D eigenvalue weighted by Gasteiger charge is 2.37. The highest BCUT2D eigenvalue weighted by molar-refractivity contribution is 5.84. The van der Waals surface area contributed by atoms with Gasteiger partial charge in [-0.1, -0.05) is 12.1 Å². The molecular weight excluding hydrogens is 300 g/mol. The van der Waals surface area contributed by atoms with Crippen LogP contribution in [0.3, 0.4) is 0 Å². The normalized spacial score (nSPS) is 23.3. The first-order valence-corrected chi connectivity index (χ1v) is 7.47. The van der Waals surface area contributed by atoms with Crippen LogP contribution in [0.1, 0.15) is 13.8 Å². The third kappa shape index (κ3) is 4.33. The summed E-state index contributed by atoms with van der Waals surface area (Å²) in [7, 11) is 0. The van der Waals surface area contributed by atoms with Gasteiger partial charge >= 0.3 is 0 Å². The fourth-order valence-electron chi connectivity index (χ4n) is 2.36. The van der Waals surface area contributed by atoms with Gasteiger partial charge in [0.25, 0.3) is 5.91 Å². The molecule has 0 bridgehead atoms. The van der Waals surface area contributed by atoms with Crippen LogP contribution in [0.4, 0.5) is 0 Å². The van der Waals surface area contributed by atoms with Gasteiger partial charge < -0.3 is 20.5 Å². The molecule has 1 aliphatic heterocycles. The Kier molecular flexibility index (Phi) is 5.78. The van der Waals surface area contributed by atoms with Crippen molar-refractivity contribution >= 4 is 11.8 Å². The van der Waals surface area contributed by atoms with E-state index in [2.05, 4.69) is 16.2 Å². The molecule has 1 saturated heterocycles.